The summed E-state index contributed by atoms with van der Waals surface area (Å²) in [5.41, 5.74) is 0.227. The van der Waals surface area contributed by atoms with E-state index in [-0.39, 0.29) is 5.41 Å². The Hall–Kier alpha value is -0.300. The molecule has 0 N–H and O–H groups in total. The molecule has 0 spiro atoms. The first-order valence-corrected chi connectivity index (χ1v) is 4.42. The lowest BCUT2D eigenvalue weighted by Gasteiger charge is -2.11. The van der Waals surface area contributed by atoms with E-state index in [1.807, 2.05) is 12.2 Å². The highest BCUT2D eigenvalue weighted by molar-refractivity contribution is 9.11. The number of halogens is 1. The number of hydrogen-bond acceptors (Lipinski definition) is 0. The van der Waals surface area contributed by atoms with Crippen molar-refractivity contribution in [1.29, 1.82) is 0 Å². The molecule has 0 heterocycles. The summed E-state index contributed by atoms with van der Waals surface area (Å²) in [5.74, 6) is 0. The molecule has 0 unspecified atom stereocenters. The van der Waals surface area contributed by atoms with Crippen LogP contribution in [0.25, 0.3) is 0 Å². The van der Waals surface area contributed by atoms with Crippen LogP contribution >= 0.6 is 15.9 Å². The van der Waals surface area contributed by atoms with Crippen molar-refractivity contribution >= 4 is 15.9 Å². The first-order valence-electron chi connectivity index (χ1n) is 3.63. The summed E-state index contributed by atoms with van der Waals surface area (Å²) in [7, 11) is 0. The summed E-state index contributed by atoms with van der Waals surface area (Å²) in [5, 5.41) is 0. The zero-order valence-corrected chi connectivity index (χ0v) is 8.98. The van der Waals surface area contributed by atoms with Crippen molar-refractivity contribution < 1.29 is 0 Å². The SMILES string of the molecule is C=C/C=C/C(Br)=C/C(C)(C)C. The maximum atomic E-state index is 3.59. The fourth-order valence-corrected chi connectivity index (χ4v) is 1.46. The molecule has 62 valence electrons. The van der Waals surface area contributed by atoms with Gasteiger partial charge in [0.15, 0.2) is 0 Å². The van der Waals surface area contributed by atoms with Gasteiger partial charge >= 0.3 is 0 Å². The van der Waals surface area contributed by atoms with Crippen molar-refractivity contribution in [3.05, 3.63) is 35.4 Å². The van der Waals surface area contributed by atoms with Crippen LogP contribution in [0.3, 0.4) is 0 Å². The average molecular weight is 215 g/mol. The molecule has 0 amide bonds. The number of allylic oxidation sites excluding steroid dienone is 5. The second kappa shape index (κ2) is 4.55. The molecule has 0 nitrogen and oxygen atoms in total. The topological polar surface area (TPSA) is 0 Å². The van der Waals surface area contributed by atoms with Gasteiger partial charge in [-0.05, 0) is 11.5 Å². The van der Waals surface area contributed by atoms with Crippen LogP contribution in [0.1, 0.15) is 20.8 Å². The van der Waals surface area contributed by atoms with Gasteiger partial charge < -0.3 is 0 Å². The zero-order chi connectivity index (χ0) is 8.91. The van der Waals surface area contributed by atoms with Crippen LogP contribution in [0.2, 0.25) is 0 Å². The minimum absolute atomic E-state index is 0.227. The second-order valence-corrected chi connectivity index (χ2v) is 4.41. The molecule has 0 atom stereocenters. The molecular weight excluding hydrogens is 200 g/mol. The van der Waals surface area contributed by atoms with E-state index in [2.05, 4.69) is 49.4 Å². The molecule has 0 aromatic carbocycles. The summed E-state index contributed by atoms with van der Waals surface area (Å²) < 4.78 is 1.10. The Labute approximate surface area is 77.8 Å². The van der Waals surface area contributed by atoms with E-state index in [0.717, 1.165) is 4.48 Å². The van der Waals surface area contributed by atoms with Crippen molar-refractivity contribution in [3.63, 3.8) is 0 Å². The number of rotatable bonds is 2. The van der Waals surface area contributed by atoms with E-state index in [9.17, 15) is 0 Å². The molecule has 0 bridgehead atoms. The van der Waals surface area contributed by atoms with Crippen molar-refractivity contribution in [2.45, 2.75) is 20.8 Å². The lowest BCUT2D eigenvalue weighted by molar-refractivity contribution is 0.543. The van der Waals surface area contributed by atoms with Crippen molar-refractivity contribution in [1.82, 2.24) is 0 Å². The molecule has 0 aliphatic carbocycles. The standard InChI is InChI=1S/C10H15Br/c1-5-6-7-9(11)8-10(2,3)4/h5-8H,1H2,2-4H3/b7-6+,9-8-. The molecule has 0 saturated heterocycles. The molecule has 11 heavy (non-hydrogen) atoms. The normalized spacial score (nSPS) is 14.0. The van der Waals surface area contributed by atoms with Crippen LogP contribution in [0.15, 0.2) is 35.4 Å². The van der Waals surface area contributed by atoms with Gasteiger partial charge in [-0.15, -0.1) is 0 Å². The molecule has 1 heteroatoms. The Balaban J connectivity index is 4.22. The molecular formula is C10H15Br. The third-order valence-electron chi connectivity index (χ3n) is 0.962. The van der Waals surface area contributed by atoms with E-state index in [0.29, 0.717) is 0 Å². The van der Waals surface area contributed by atoms with Gasteiger partial charge in [0, 0.05) is 4.48 Å². The van der Waals surface area contributed by atoms with Gasteiger partial charge in [-0.1, -0.05) is 61.5 Å². The van der Waals surface area contributed by atoms with Crippen LogP contribution in [0.5, 0.6) is 0 Å². The highest BCUT2D eigenvalue weighted by Gasteiger charge is 2.04. The maximum absolute atomic E-state index is 3.59. The van der Waals surface area contributed by atoms with Crippen LogP contribution in [0, 0.1) is 5.41 Å². The highest BCUT2D eigenvalue weighted by atomic mass is 79.9. The van der Waals surface area contributed by atoms with Gasteiger partial charge in [0.1, 0.15) is 0 Å². The molecule has 0 rings (SSSR count). The fraction of sp³-hybridized carbons (Fsp3) is 0.400. The summed E-state index contributed by atoms with van der Waals surface area (Å²) in [6.45, 7) is 10.1. The molecule has 0 saturated carbocycles. The first-order chi connectivity index (χ1) is 4.95. The molecule has 0 aliphatic rings. The Morgan fingerprint density at radius 3 is 2.27 bits per heavy atom. The Kier molecular flexibility index (Phi) is 4.43. The maximum Gasteiger partial charge on any atom is 0.0140 e. The molecule has 0 aromatic rings. The molecule has 0 fully saturated rings. The van der Waals surface area contributed by atoms with Gasteiger partial charge in [0.25, 0.3) is 0 Å². The van der Waals surface area contributed by atoms with Crippen LogP contribution in [-0.2, 0) is 0 Å². The monoisotopic (exact) mass is 214 g/mol. The van der Waals surface area contributed by atoms with Crippen LogP contribution in [0.4, 0.5) is 0 Å². The van der Waals surface area contributed by atoms with E-state index in [4.69, 9.17) is 0 Å². The number of hydrogen-bond donors (Lipinski definition) is 0. The fourth-order valence-electron chi connectivity index (χ4n) is 0.622. The van der Waals surface area contributed by atoms with Crippen molar-refractivity contribution in [3.8, 4) is 0 Å². The Morgan fingerprint density at radius 2 is 1.91 bits per heavy atom. The van der Waals surface area contributed by atoms with Gasteiger partial charge in [-0.2, -0.15) is 0 Å². The molecule has 0 aliphatic heterocycles. The third-order valence-corrected chi connectivity index (χ3v) is 1.46. The summed E-state index contributed by atoms with van der Waals surface area (Å²) in [4.78, 5) is 0. The largest absolute Gasteiger partial charge is 0.0991 e. The van der Waals surface area contributed by atoms with E-state index in [1.165, 1.54) is 0 Å². The highest BCUT2D eigenvalue weighted by Crippen LogP contribution is 2.20. The predicted molar refractivity (Wildman–Crippen MR) is 55.8 cm³/mol. The lowest BCUT2D eigenvalue weighted by atomic mass is 9.96. The van der Waals surface area contributed by atoms with E-state index >= 15 is 0 Å². The summed E-state index contributed by atoms with van der Waals surface area (Å²) >= 11 is 3.44. The van der Waals surface area contributed by atoms with E-state index < -0.39 is 0 Å². The van der Waals surface area contributed by atoms with Gasteiger partial charge in [-0.3, -0.25) is 0 Å². The van der Waals surface area contributed by atoms with Gasteiger partial charge in [0.2, 0.25) is 0 Å². The Bertz CT molecular complexity index is 180. The van der Waals surface area contributed by atoms with Crippen LogP contribution < -0.4 is 0 Å². The zero-order valence-electron chi connectivity index (χ0n) is 7.39. The minimum atomic E-state index is 0.227. The van der Waals surface area contributed by atoms with Crippen LogP contribution in [-0.4, -0.2) is 0 Å². The first kappa shape index (κ1) is 10.7. The van der Waals surface area contributed by atoms with Gasteiger partial charge in [-0.25, -0.2) is 0 Å². The van der Waals surface area contributed by atoms with Crippen molar-refractivity contribution in [2.75, 3.05) is 0 Å². The van der Waals surface area contributed by atoms with Gasteiger partial charge in [0.05, 0.1) is 0 Å². The average Bonchev–Trinajstić information content (AvgIpc) is 1.79. The summed E-state index contributed by atoms with van der Waals surface area (Å²) in [6.07, 6.45) is 7.81. The smallest absolute Gasteiger partial charge is 0.0140 e. The molecule has 0 aromatic heterocycles. The second-order valence-electron chi connectivity index (χ2n) is 3.49. The van der Waals surface area contributed by atoms with Crippen molar-refractivity contribution in [2.24, 2.45) is 5.41 Å². The summed E-state index contributed by atoms with van der Waals surface area (Å²) in [6, 6.07) is 0. The quantitative estimate of drug-likeness (QED) is 0.609. The molecule has 0 radical (unpaired) electrons. The predicted octanol–water partition coefficient (Wildman–Crippen LogP) is 4.05. The van der Waals surface area contributed by atoms with E-state index in [1.54, 1.807) is 6.08 Å². The minimum Gasteiger partial charge on any atom is -0.0991 e. The Morgan fingerprint density at radius 1 is 1.36 bits per heavy atom. The lowest BCUT2D eigenvalue weighted by Crippen LogP contribution is -1.98. The third kappa shape index (κ3) is 7.60.